The third-order valence-corrected chi connectivity index (χ3v) is 4.03. The second kappa shape index (κ2) is 14.7. The average Bonchev–Trinajstić information content (AvgIpc) is 3.04. The molecule has 0 bridgehead atoms. The number of hydrogen-bond donors (Lipinski definition) is 0. The Morgan fingerprint density at radius 1 is 0.818 bits per heavy atom. The molecule has 0 N–H and O–H groups in total. The summed E-state index contributed by atoms with van der Waals surface area (Å²) in [6, 6.07) is 3.88. The van der Waals surface area contributed by atoms with Crippen molar-refractivity contribution in [3.63, 3.8) is 0 Å². The summed E-state index contributed by atoms with van der Waals surface area (Å²) in [6.07, 6.45) is 26.9. The molecule has 0 fully saturated rings. The highest BCUT2D eigenvalue weighted by molar-refractivity contribution is 5.44. The summed E-state index contributed by atoms with van der Waals surface area (Å²) in [7, 11) is 0. The summed E-state index contributed by atoms with van der Waals surface area (Å²) in [4.78, 5) is 0. The molecule has 0 saturated heterocycles. The third-order valence-electron chi connectivity index (χ3n) is 4.03. The Morgan fingerprint density at radius 2 is 1.45 bits per heavy atom. The molecule has 0 unspecified atom stereocenters. The first-order valence-corrected chi connectivity index (χ1v) is 9.30. The van der Waals surface area contributed by atoms with Crippen molar-refractivity contribution in [1.29, 1.82) is 0 Å². The van der Waals surface area contributed by atoms with E-state index in [0.717, 1.165) is 5.76 Å². The number of rotatable bonds is 14. The molecule has 0 atom stereocenters. The minimum absolute atomic E-state index is 0.916. The van der Waals surface area contributed by atoms with Gasteiger partial charge in [-0.15, -0.1) is 0 Å². The van der Waals surface area contributed by atoms with Crippen LogP contribution in [-0.4, -0.2) is 0 Å². The minimum atomic E-state index is 0.916. The van der Waals surface area contributed by atoms with E-state index in [1.165, 1.54) is 77.0 Å². The van der Waals surface area contributed by atoms with Crippen molar-refractivity contribution in [3.05, 3.63) is 42.4 Å². The highest BCUT2D eigenvalue weighted by Crippen LogP contribution is 2.12. The normalized spacial score (nSPS) is 11.9. The topological polar surface area (TPSA) is 13.1 Å². The van der Waals surface area contributed by atoms with Crippen LogP contribution in [0.4, 0.5) is 0 Å². The lowest BCUT2D eigenvalue weighted by Crippen LogP contribution is -1.81. The summed E-state index contributed by atoms with van der Waals surface area (Å²) in [5, 5.41) is 0. The number of unbranched alkanes of at least 4 members (excludes halogenated alkanes) is 11. The van der Waals surface area contributed by atoms with Crippen LogP contribution in [0.15, 0.2) is 41.0 Å². The van der Waals surface area contributed by atoms with Crippen molar-refractivity contribution in [3.8, 4) is 0 Å². The maximum Gasteiger partial charge on any atom is 0.126 e. The van der Waals surface area contributed by atoms with E-state index >= 15 is 0 Å². The maximum atomic E-state index is 5.23. The van der Waals surface area contributed by atoms with Gasteiger partial charge in [-0.1, -0.05) is 89.4 Å². The number of hydrogen-bond acceptors (Lipinski definition) is 1. The Morgan fingerprint density at radius 3 is 2.05 bits per heavy atom. The average molecular weight is 303 g/mol. The number of furan rings is 1. The van der Waals surface area contributed by atoms with Crippen LogP contribution in [0, 0.1) is 0 Å². The molecular formula is C21H34O. The van der Waals surface area contributed by atoms with Gasteiger partial charge in [0.05, 0.1) is 6.26 Å². The monoisotopic (exact) mass is 302 g/mol. The second-order valence-corrected chi connectivity index (χ2v) is 6.13. The maximum absolute atomic E-state index is 5.23. The summed E-state index contributed by atoms with van der Waals surface area (Å²) in [6.45, 7) is 2.28. The Kier molecular flexibility index (Phi) is 12.6. The van der Waals surface area contributed by atoms with Crippen LogP contribution in [0.3, 0.4) is 0 Å². The lowest BCUT2D eigenvalue weighted by molar-refractivity contribution is 0.550. The Labute approximate surface area is 137 Å². The molecule has 0 aliphatic heterocycles. The Balaban J connectivity index is 1.80. The van der Waals surface area contributed by atoms with Crippen LogP contribution in [0.25, 0.3) is 6.08 Å². The molecule has 0 aliphatic rings. The molecule has 0 radical (unpaired) electrons. The van der Waals surface area contributed by atoms with Crippen molar-refractivity contribution < 1.29 is 4.42 Å². The van der Waals surface area contributed by atoms with Gasteiger partial charge in [-0.05, 0) is 31.1 Å². The van der Waals surface area contributed by atoms with Crippen molar-refractivity contribution in [2.24, 2.45) is 0 Å². The smallest absolute Gasteiger partial charge is 0.126 e. The van der Waals surface area contributed by atoms with Gasteiger partial charge < -0.3 is 4.42 Å². The van der Waals surface area contributed by atoms with Gasteiger partial charge in [0, 0.05) is 0 Å². The van der Waals surface area contributed by atoms with E-state index in [2.05, 4.69) is 25.2 Å². The lowest BCUT2D eigenvalue weighted by atomic mass is 10.1. The zero-order valence-corrected chi connectivity index (χ0v) is 14.4. The van der Waals surface area contributed by atoms with E-state index in [1.807, 2.05) is 18.2 Å². The summed E-state index contributed by atoms with van der Waals surface area (Å²) < 4.78 is 5.23. The lowest BCUT2D eigenvalue weighted by Gasteiger charge is -2.01. The van der Waals surface area contributed by atoms with Crippen LogP contribution < -0.4 is 0 Å². The molecular weight excluding hydrogens is 268 g/mol. The molecule has 0 amide bonds. The zero-order chi connectivity index (χ0) is 15.7. The fraction of sp³-hybridized carbons (Fsp3) is 0.619. The van der Waals surface area contributed by atoms with E-state index < -0.39 is 0 Å². The fourth-order valence-corrected chi connectivity index (χ4v) is 2.64. The highest BCUT2D eigenvalue weighted by atomic mass is 16.3. The van der Waals surface area contributed by atoms with Crippen LogP contribution in [0.1, 0.15) is 89.7 Å². The first-order valence-electron chi connectivity index (χ1n) is 9.30. The molecule has 0 aromatic carbocycles. The molecule has 0 saturated carbocycles. The zero-order valence-electron chi connectivity index (χ0n) is 14.4. The standard InChI is InChI=1S/C21H34O/c1-2-3-4-5-6-7-8-9-10-11-12-13-14-15-16-18-21-19-17-20-22-21/h14-20H,2-13H2,1H3/b15-14+,18-16+. The second-order valence-electron chi connectivity index (χ2n) is 6.13. The van der Waals surface area contributed by atoms with Crippen molar-refractivity contribution in [2.75, 3.05) is 0 Å². The van der Waals surface area contributed by atoms with Crippen molar-refractivity contribution in [2.45, 2.75) is 84.0 Å². The first-order chi connectivity index (χ1) is 10.9. The molecule has 1 aromatic rings. The van der Waals surface area contributed by atoms with E-state index in [4.69, 9.17) is 4.42 Å². The van der Waals surface area contributed by atoms with Crippen LogP contribution in [0.5, 0.6) is 0 Å². The molecule has 1 nitrogen and oxygen atoms in total. The van der Waals surface area contributed by atoms with E-state index in [-0.39, 0.29) is 0 Å². The molecule has 1 heterocycles. The van der Waals surface area contributed by atoms with Gasteiger partial charge in [0.2, 0.25) is 0 Å². The van der Waals surface area contributed by atoms with Gasteiger partial charge in [-0.3, -0.25) is 0 Å². The van der Waals surface area contributed by atoms with Crippen LogP contribution in [-0.2, 0) is 0 Å². The Bertz CT molecular complexity index is 373. The molecule has 0 aliphatic carbocycles. The van der Waals surface area contributed by atoms with Crippen LogP contribution >= 0.6 is 0 Å². The summed E-state index contributed by atoms with van der Waals surface area (Å²) >= 11 is 0. The SMILES string of the molecule is CCCCCCCCCCCCC/C=C/C=C/c1ccco1. The van der Waals surface area contributed by atoms with Crippen LogP contribution in [0.2, 0.25) is 0 Å². The summed E-state index contributed by atoms with van der Waals surface area (Å²) in [5.74, 6) is 0.916. The van der Waals surface area contributed by atoms with Gasteiger partial charge in [0.15, 0.2) is 0 Å². The molecule has 1 aromatic heterocycles. The molecule has 0 spiro atoms. The van der Waals surface area contributed by atoms with Gasteiger partial charge >= 0.3 is 0 Å². The quantitative estimate of drug-likeness (QED) is 0.255. The van der Waals surface area contributed by atoms with E-state index in [0.29, 0.717) is 0 Å². The first kappa shape index (κ1) is 18.8. The van der Waals surface area contributed by atoms with Gasteiger partial charge in [-0.2, -0.15) is 0 Å². The molecule has 1 rings (SSSR count). The minimum Gasteiger partial charge on any atom is -0.465 e. The Hall–Kier alpha value is -1.24. The van der Waals surface area contributed by atoms with E-state index in [1.54, 1.807) is 6.26 Å². The highest BCUT2D eigenvalue weighted by Gasteiger charge is 1.92. The van der Waals surface area contributed by atoms with Gasteiger partial charge in [-0.25, -0.2) is 0 Å². The van der Waals surface area contributed by atoms with Gasteiger partial charge in [0.25, 0.3) is 0 Å². The van der Waals surface area contributed by atoms with Crippen molar-refractivity contribution in [1.82, 2.24) is 0 Å². The fourth-order valence-electron chi connectivity index (χ4n) is 2.64. The van der Waals surface area contributed by atoms with Crippen molar-refractivity contribution >= 4 is 6.08 Å². The largest absolute Gasteiger partial charge is 0.465 e. The molecule has 22 heavy (non-hydrogen) atoms. The van der Waals surface area contributed by atoms with Gasteiger partial charge in [0.1, 0.15) is 5.76 Å². The molecule has 124 valence electrons. The number of allylic oxidation sites excluding steroid dienone is 3. The molecule has 1 heteroatoms. The third kappa shape index (κ3) is 11.4. The summed E-state index contributed by atoms with van der Waals surface area (Å²) in [5.41, 5.74) is 0. The predicted octanol–water partition coefficient (Wildman–Crippen LogP) is 7.55. The predicted molar refractivity (Wildman–Crippen MR) is 98.0 cm³/mol. The van der Waals surface area contributed by atoms with E-state index in [9.17, 15) is 0 Å².